The lowest BCUT2D eigenvalue weighted by atomic mass is 9.83. The van der Waals surface area contributed by atoms with Gasteiger partial charge in [0.05, 0.1) is 0 Å². The molecule has 0 spiro atoms. The van der Waals surface area contributed by atoms with E-state index in [1.165, 1.54) is 37.1 Å². The highest BCUT2D eigenvalue weighted by Gasteiger charge is 2.17. The lowest BCUT2D eigenvalue weighted by Crippen LogP contribution is -2.20. The Morgan fingerprint density at radius 3 is 2.56 bits per heavy atom. The molecule has 1 aromatic carbocycles. The van der Waals surface area contributed by atoms with Gasteiger partial charge < -0.3 is 10.2 Å². The summed E-state index contributed by atoms with van der Waals surface area (Å²) in [7, 11) is 4.17. The molecule has 0 amide bonds. The van der Waals surface area contributed by atoms with E-state index < -0.39 is 0 Å². The predicted octanol–water partition coefficient (Wildman–Crippen LogP) is 3.99. The lowest BCUT2D eigenvalue weighted by Gasteiger charge is -2.26. The molecule has 0 unspecified atom stereocenters. The molecule has 1 saturated carbocycles. The molecule has 1 aliphatic rings. The SMILES string of the molecule is CC1CCC(CNc2cccc(N(C)C)c2)CC1. The average Bonchev–Trinajstić information content (AvgIpc) is 2.38. The molecule has 0 bridgehead atoms. The Labute approximate surface area is 111 Å². The van der Waals surface area contributed by atoms with Crippen LogP contribution < -0.4 is 10.2 Å². The average molecular weight is 246 g/mol. The predicted molar refractivity (Wildman–Crippen MR) is 80.4 cm³/mol. The van der Waals surface area contributed by atoms with Gasteiger partial charge in [-0.25, -0.2) is 0 Å². The van der Waals surface area contributed by atoms with Crippen LogP contribution in [0.15, 0.2) is 24.3 Å². The Morgan fingerprint density at radius 2 is 1.89 bits per heavy atom. The minimum absolute atomic E-state index is 0.865. The summed E-state index contributed by atoms with van der Waals surface area (Å²) in [5.41, 5.74) is 2.51. The molecule has 2 heteroatoms. The Morgan fingerprint density at radius 1 is 1.17 bits per heavy atom. The zero-order valence-corrected chi connectivity index (χ0v) is 11.9. The van der Waals surface area contributed by atoms with Gasteiger partial charge >= 0.3 is 0 Å². The zero-order valence-electron chi connectivity index (χ0n) is 11.9. The van der Waals surface area contributed by atoms with Gasteiger partial charge in [0, 0.05) is 32.0 Å². The van der Waals surface area contributed by atoms with Crippen molar-refractivity contribution in [2.75, 3.05) is 30.9 Å². The lowest BCUT2D eigenvalue weighted by molar-refractivity contribution is 0.300. The normalized spacial score (nSPS) is 23.7. The van der Waals surface area contributed by atoms with Crippen molar-refractivity contribution in [2.45, 2.75) is 32.6 Å². The molecule has 0 radical (unpaired) electrons. The van der Waals surface area contributed by atoms with E-state index in [4.69, 9.17) is 0 Å². The first kappa shape index (κ1) is 13.3. The van der Waals surface area contributed by atoms with Crippen LogP contribution in [0.2, 0.25) is 0 Å². The van der Waals surface area contributed by atoms with E-state index in [9.17, 15) is 0 Å². The summed E-state index contributed by atoms with van der Waals surface area (Å²) in [4.78, 5) is 2.15. The van der Waals surface area contributed by atoms with Crippen LogP contribution in [0.5, 0.6) is 0 Å². The third-order valence-electron chi connectivity index (χ3n) is 4.09. The molecule has 0 aromatic heterocycles. The standard InChI is InChI=1S/C16H26N2/c1-13-7-9-14(10-8-13)12-17-15-5-4-6-16(11-15)18(2)3/h4-6,11,13-14,17H,7-10,12H2,1-3H3. The molecule has 0 heterocycles. The number of rotatable bonds is 4. The molecule has 1 fully saturated rings. The van der Waals surface area contributed by atoms with E-state index in [-0.39, 0.29) is 0 Å². The van der Waals surface area contributed by atoms with Crippen molar-refractivity contribution in [1.29, 1.82) is 0 Å². The summed E-state index contributed by atoms with van der Waals surface area (Å²) in [6.07, 6.45) is 5.59. The van der Waals surface area contributed by atoms with Gasteiger partial charge in [-0.2, -0.15) is 0 Å². The molecule has 0 atom stereocenters. The molecule has 1 N–H and O–H groups in total. The van der Waals surface area contributed by atoms with Crippen LogP contribution in [0, 0.1) is 11.8 Å². The Bertz CT molecular complexity index is 365. The molecule has 2 nitrogen and oxygen atoms in total. The highest BCUT2D eigenvalue weighted by atomic mass is 15.1. The Balaban J connectivity index is 1.84. The largest absolute Gasteiger partial charge is 0.385 e. The van der Waals surface area contributed by atoms with Gasteiger partial charge in [-0.3, -0.25) is 0 Å². The summed E-state index contributed by atoms with van der Waals surface area (Å²) < 4.78 is 0. The van der Waals surface area contributed by atoms with Crippen molar-refractivity contribution in [1.82, 2.24) is 0 Å². The first-order valence-corrected chi connectivity index (χ1v) is 7.16. The number of nitrogens with one attached hydrogen (secondary N) is 1. The number of nitrogens with zero attached hydrogens (tertiary/aromatic N) is 1. The number of hydrogen-bond donors (Lipinski definition) is 1. The van der Waals surface area contributed by atoms with Crippen LogP contribution in [-0.4, -0.2) is 20.6 Å². The van der Waals surface area contributed by atoms with Gasteiger partial charge in [-0.1, -0.05) is 25.8 Å². The molecule has 2 rings (SSSR count). The van der Waals surface area contributed by atoms with Crippen molar-refractivity contribution in [3.63, 3.8) is 0 Å². The van der Waals surface area contributed by atoms with E-state index in [0.717, 1.165) is 18.4 Å². The van der Waals surface area contributed by atoms with Crippen LogP contribution >= 0.6 is 0 Å². The second-order valence-corrected chi connectivity index (χ2v) is 5.95. The van der Waals surface area contributed by atoms with Crippen molar-refractivity contribution in [2.24, 2.45) is 11.8 Å². The molecule has 1 aliphatic carbocycles. The van der Waals surface area contributed by atoms with E-state index in [1.807, 2.05) is 0 Å². The summed E-state index contributed by atoms with van der Waals surface area (Å²) in [6.45, 7) is 3.51. The van der Waals surface area contributed by atoms with Gasteiger partial charge in [0.15, 0.2) is 0 Å². The van der Waals surface area contributed by atoms with Crippen LogP contribution in [0.1, 0.15) is 32.6 Å². The van der Waals surface area contributed by atoms with Crippen molar-refractivity contribution >= 4 is 11.4 Å². The van der Waals surface area contributed by atoms with Gasteiger partial charge in [-0.05, 0) is 42.9 Å². The fourth-order valence-electron chi connectivity index (χ4n) is 2.69. The van der Waals surface area contributed by atoms with Crippen molar-refractivity contribution in [3.05, 3.63) is 24.3 Å². The summed E-state index contributed by atoms with van der Waals surface area (Å²) in [5.74, 6) is 1.81. The molecular weight excluding hydrogens is 220 g/mol. The minimum Gasteiger partial charge on any atom is -0.385 e. The first-order valence-electron chi connectivity index (χ1n) is 7.16. The van der Waals surface area contributed by atoms with Crippen LogP contribution in [0.25, 0.3) is 0 Å². The maximum Gasteiger partial charge on any atom is 0.0381 e. The number of anilines is 2. The van der Waals surface area contributed by atoms with E-state index in [2.05, 4.69) is 55.5 Å². The number of hydrogen-bond acceptors (Lipinski definition) is 2. The number of benzene rings is 1. The monoisotopic (exact) mass is 246 g/mol. The summed E-state index contributed by atoms with van der Waals surface area (Å²) in [5, 5.41) is 3.60. The first-order chi connectivity index (χ1) is 8.65. The summed E-state index contributed by atoms with van der Waals surface area (Å²) in [6, 6.07) is 8.66. The quantitative estimate of drug-likeness (QED) is 0.864. The van der Waals surface area contributed by atoms with Crippen LogP contribution in [0.4, 0.5) is 11.4 Å². The van der Waals surface area contributed by atoms with E-state index >= 15 is 0 Å². The van der Waals surface area contributed by atoms with Gasteiger partial charge in [0.25, 0.3) is 0 Å². The van der Waals surface area contributed by atoms with Gasteiger partial charge in [-0.15, -0.1) is 0 Å². The fraction of sp³-hybridized carbons (Fsp3) is 0.625. The maximum atomic E-state index is 3.60. The maximum absolute atomic E-state index is 3.60. The molecule has 0 aliphatic heterocycles. The molecule has 100 valence electrons. The highest BCUT2D eigenvalue weighted by molar-refractivity contribution is 5.57. The third kappa shape index (κ3) is 3.66. The molecule has 18 heavy (non-hydrogen) atoms. The topological polar surface area (TPSA) is 15.3 Å². The van der Waals surface area contributed by atoms with Gasteiger partial charge in [0.1, 0.15) is 0 Å². The Kier molecular flexibility index (Phi) is 4.51. The highest BCUT2D eigenvalue weighted by Crippen LogP contribution is 2.28. The zero-order chi connectivity index (χ0) is 13.0. The van der Waals surface area contributed by atoms with Crippen molar-refractivity contribution in [3.8, 4) is 0 Å². The molecular formula is C16H26N2. The second-order valence-electron chi connectivity index (χ2n) is 5.95. The fourth-order valence-corrected chi connectivity index (χ4v) is 2.69. The molecule has 1 aromatic rings. The summed E-state index contributed by atoms with van der Waals surface area (Å²) >= 11 is 0. The smallest absolute Gasteiger partial charge is 0.0381 e. The third-order valence-corrected chi connectivity index (χ3v) is 4.09. The second kappa shape index (κ2) is 6.12. The minimum atomic E-state index is 0.865. The van der Waals surface area contributed by atoms with Crippen LogP contribution in [-0.2, 0) is 0 Å². The van der Waals surface area contributed by atoms with Crippen molar-refractivity contribution < 1.29 is 0 Å². The van der Waals surface area contributed by atoms with E-state index in [1.54, 1.807) is 0 Å². The van der Waals surface area contributed by atoms with Crippen LogP contribution in [0.3, 0.4) is 0 Å². The van der Waals surface area contributed by atoms with Gasteiger partial charge in [0.2, 0.25) is 0 Å². The van der Waals surface area contributed by atoms with E-state index in [0.29, 0.717) is 0 Å². The Hall–Kier alpha value is -1.18. The molecule has 0 saturated heterocycles.